The van der Waals surface area contributed by atoms with Crippen molar-refractivity contribution in [2.24, 2.45) is 11.8 Å². The number of benzene rings is 1. The number of rotatable bonds is 4. The molecule has 110 valence electrons. The van der Waals surface area contributed by atoms with Crippen LogP contribution in [0.5, 0.6) is 0 Å². The molecular formula is C18H20ClNS. The summed E-state index contributed by atoms with van der Waals surface area (Å²) in [5, 5.41) is 3.57. The molecule has 4 atom stereocenters. The summed E-state index contributed by atoms with van der Waals surface area (Å²) in [7, 11) is 2.11. The van der Waals surface area contributed by atoms with E-state index in [2.05, 4.69) is 42.7 Å². The van der Waals surface area contributed by atoms with Gasteiger partial charge >= 0.3 is 0 Å². The third kappa shape index (κ3) is 2.44. The Labute approximate surface area is 135 Å². The molecule has 0 aliphatic heterocycles. The summed E-state index contributed by atoms with van der Waals surface area (Å²) < 4.78 is 0.901. The molecule has 21 heavy (non-hydrogen) atoms. The lowest BCUT2D eigenvalue weighted by molar-refractivity contribution is 0.466. The van der Waals surface area contributed by atoms with Crippen molar-refractivity contribution in [1.82, 2.24) is 5.32 Å². The van der Waals surface area contributed by atoms with E-state index in [1.807, 2.05) is 6.07 Å². The molecule has 1 aromatic carbocycles. The number of halogens is 1. The van der Waals surface area contributed by atoms with Crippen molar-refractivity contribution in [2.75, 3.05) is 7.05 Å². The van der Waals surface area contributed by atoms with E-state index in [9.17, 15) is 0 Å². The van der Waals surface area contributed by atoms with E-state index in [-0.39, 0.29) is 0 Å². The van der Waals surface area contributed by atoms with Gasteiger partial charge in [0.25, 0.3) is 0 Å². The quantitative estimate of drug-likeness (QED) is 0.875. The average molecular weight is 318 g/mol. The van der Waals surface area contributed by atoms with Gasteiger partial charge in [-0.2, -0.15) is 0 Å². The number of hydrogen-bond donors (Lipinski definition) is 1. The highest BCUT2D eigenvalue weighted by molar-refractivity contribution is 7.16. The standard InChI is InChI=1S/C18H20ClNS/c1-20-15(10-12-7-9-16(19)21-12)18-14-8-6-11-4-2-3-5-13(11)17(14)18/h2-5,7,9,14-15,17-18,20H,6,8,10H2,1H3. The first-order valence-electron chi connectivity index (χ1n) is 7.77. The van der Waals surface area contributed by atoms with Crippen molar-refractivity contribution < 1.29 is 0 Å². The van der Waals surface area contributed by atoms with E-state index in [4.69, 9.17) is 11.6 Å². The van der Waals surface area contributed by atoms with Crippen LogP contribution < -0.4 is 5.32 Å². The second kappa shape index (κ2) is 5.42. The summed E-state index contributed by atoms with van der Waals surface area (Å²) in [4.78, 5) is 1.40. The molecule has 4 rings (SSSR count). The van der Waals surface area contributed by atoms with Crippen LogP contribution in [0.1, 0.15) is 28.3 Å². The lowest BCUT2D eigenvalue weighted by Crippen LogP contribution is -2.30. The summed E-state index contributed by atoms with van der Waals surface area (Å²) in [5.74, 6) is 2.45. The maximum Gasteiger partial charge on any atom is 0.0931 e. The van der Waals surface area contributed by atoms with Gasteiger partial charge in [0.05, 0.1) is 4.34 Å². The lowest BCUT2D eigenvalue weighted by Gasteiger charge is -2.16. The molecule has 0 amide bonds. The molecule has 0 bridgehead atoms. The second-order valence-electron chi connectivity index (χ2n) is 6.31. The van der Waals surface area contributed by atoms with Gasteiger partial charge in [-0.3, -0.25) is 0 Å². The summed E-state index contributed by atoms with van der Waals surface area (Å²) in [5.41, 5.74) is 3.19. The minimum Gasteiger partial charge on any atom is -0.316 e. The monoisotopic (exact) mass is 317 g/mol. The van der Waals surface area contributed by atoms with Crippen LogP contribution in [0.15, 0.2) is 36.4 Å². The first-order valence-corrected chi connectivity index (χ1v) is 8.96. The Balaban J connectivity index is 1.54. The largest absolute Gasteiger partial charge is 0.316 e. The van der Waals surface area contributed by atoms with Gasteiger partial charge in [-0.1, -0.05) is 35.9 Å². The Morgan fingerprint density at radius 1 is 1.29 bits per heavy atom. The number of likely N-dealkylation sites (N-methyl/N-ethyl adjacent to an activating group) is 1. The van der Waals surface area contributed by atoms with Crippen LogP contribution >= 0.6 is 22.9 Å². The first kappa shape index (κ1) is 13.8. The van der Waals surface area contributed by atoms with Gasteiger partial charge < -0.3 is 5.32 Å². The van der Waals surface area contributed by atoms with Crippen LogP contribution in [0.2, 0.25) is 4.34 Å². The van der Waals surface area contributed by atoms with Gasteiger partial charge in [0.2, 0.25) is 0 Å². The van der Waals surface area contributed by atoms with Crippen molar-refractivity contribution in [3.05, 3.63) is 56.7 Å². The molecule has 3 heteroatoms. The molecule has 0 spiro atoms. The van der Waals surface area contributed by atoms with Gasteiger partial charge in [-0.05, 0) is 67.3 Å². The zero-order valence-corrected chi connectivity index (χ0v) is 13.8. The van der Waals surface area contributed by atoms with Crippen LogP contribution in [0, 0.1) is 11.8 Å². The molecule has 0 saturated heterocycles. The molecule has 1 fully saturated rings. The van der Waals surface area contributed by atoms with E-state index >= 15 is 0 Å². The number of hydrogen-bond acceptors (Lipinski definition) is 2. The van der Waals surface area contributed by atoms with Gasteiger partial charge in [0, 0.05) is 10.9 Å². The molecule has 4 unspecified atom stereocenters. The summed E-state index contributed by atoms with van der Waals surface area (Å²) in [6.07, 6.45) is 3.72. The SMILES string of the molecule is CNC(Cc1ccc(Cl)s1)C1C2CCc3ccccc3C21. The number of thiophene rings is 1. The predicted octanol–water partition coefficient (Wildman–Crippen LogP) is 4.51. The van der Waals surface area contributed by atoms with Crippen molar-refractivity contribution >= 4 is 22.9 Å². The Bertz CT molecular complexity index is 650. The molecule has 2 aliphatic carbocycles. The highest BCUT2D eigenvalue weighted by Gasteiger charge is 2.55. The third-order valence-electron chi connectivity index (χ3n) is 5.28. The third-order valence-corrected chi connectivity index (χ3v) is 6.53. The van der Waals surface area contributed by atoms with Gasteiger partial charge in [0.1, 0.15) is 0 Å². The fourth-order valence-corrected chi connectivity index (χ4v) is 5.42. The van der Waals surface area contributed by atoms with Crippen LogP contribution in [0.3, 0.4) is 0 Å². The normalized spacial score (nSPS) is 27.8. The van der Waals surface area contributed by atoms with Crippen LogP contribution in [0.25, 0.3) is 0 Å². The van der Waals surface area contributed by atoms with Crippen LogP contribution in [-0.4, -0.2) is 13.1 Å². The Hall–Kier alpha value is -0.830. The van der Waals surface area contributed by atoms with E-state index in [0.29, 0.717) is 6.04 Å². The Morgan fingerprint density at radius 3 is 2.90 bits per heavy atom. The van der Waals surface area contributed by atoms with E-state index in [1.165, 1.54) is 17.7 Å². The van der Waals surface area contributed by atoms with Crippen molar-refractivity contribution in [3.8, 4) is 0 Å². The summed E-state index contributed by atoms with van der Waals surface area (Å²) in [6, 6.07) is 13.8. The van der Waals surface area contributed by atoms with E-state index in [1.54, 1.807) is 22.5 Å². The van der Waals surface area contributed by atoms with Gasteiger partial charge in [0.15, 0.2) is 0 Å². The van der Waals surface area contributed by atoms with Crippen LogP contribution in [0.4, 0.5) is 0 Å². The maximum atomic E-state index is 6.07. The molecule has 1 saturated carbocycles. The molecular weight excluding hydrogens is 298 g/mol. The Morgan fingerprint density at radius 2 is 2.14 bits per heavy atom. The topological polar surface area (TPSA) is 12.0 Å². The summed E-state index contributed by atoms with van der Waals surface area (Å²) >= 11 is 7.79. The van der Waals surface area contributed by atoms with Gasteiger partial charge in [-0.15, -0.1) is 11.3 Å². The maximum absolute atomic E-state index is 6.07. The first-order chi connectivity index (χ1) is 10.3. The molecule has 1 nitrogen and oxygen atoms in total. The smallest absolute Gasteiger partial charge is 0.0931 e. The van der Waals surface area contributed by atoms with E-state index in [0.717, 1.165) is 28.5 Å². The minimum atomic E-state index is 0.570. The predicted molar refractivity (Wildman–Crippen MR) is 90.4 cm³/mol. The highest BCUT2D eigenvalue weighted by Crippen LogP contribution is 2.61. The van der Waals surface area contributed by atoms with Gasteiger partial charge in [-0.25, -0.2) is 0 Å². The zero-order valence-electron chi connectivity index (χ0n) is 12.2. The molecule has 1 N–H and O–H groups in total. The van der Waals surface area contributed by atoms with Crippen LogP contribution in [-0.2, 0) is 12.8 Å². The summed E-state index contributed by atoms with van der Waals surface area (Å²) in [6.45, 7) is 0. The number of nitrogens with one attached hydrogen (secondary N) is 1. The fraction of sp³-hybridized carbons (Fsp3) is 0.444. The zero-order chi connectivity index (χ0) is 14.4. The lowest BCUT2D eigenvalue weighted by atomic mass is 9.92. The molecule has 1 aromatic heterocycles. The van der Waals surface area contributed by atoms with Crippen molar-refractivity contribution in [3.63, 3.8) is 0 Å². The van der Waals surface area contributed by atoms with E-state index < -0.39 is 0 Å². The highest BCUT2D eigenvalue weighted by atomic mass is 35.5. The van der Waals surface area contributed by atoms with Crippen molar-refractivity contribution in [1.29, 1.82) is 0 Å². The molecule has 2 aliphatic rings. The van der Waals surface area contributed by atoms with Crippen molar-refractivity contribution in [2.45, 2.75) is 31.2 Å². The molecule has 1 heterocycles. The molecule has 2 aromatic rings. The second-order valence-corrected chi connectivity index (χ2v) is 8.11. The number of fused-ring (bicyclic) bond motifs is 3. The average Bonchev–Trinajstić information content (AvgIpc) is 3.11. The minimum absolute atomic E-state index is 0.570. The molecule has 0 radical (unpaired) electrons. The fourth-order valence-electron chi connectivity index (χ4n) is 4.28. The number of aryl methyl sites for hydroxylation is 1. The Kier molecular flexibility index (Phi) is 3.56.